The second-order valence-electron chi connectivity index (χ2n) is 6.86. The molecule has 1 atom stereocenters. The molecule has 4 heteroatoms. The first-order valence-electron chi connectivity index (χ1n) is 9.02. The fourth-order valence-electron chi connectivity index (χ4n) is 3.93. The van der Waals surface area contributed by atoms with Crippen molar-refractivity contribution < 1.29 is 14.6 Å². The third-order valence-electron chi connectivity index (χ3n) is 5.36. The predicted octanol–water partition coefficient (Wildman–Crippen LogP) is 5.42. The average Bonchev–Trinajstić information content (AvgIpc) is 3.15. The maximum atomic E-state index is 11.1. The molecule has 1 fully saturated rings. The van der Waals surface area contributed by atoms with Gasteiger partial charge in [0.15, 0.2) is 11.5 Å². The van der Waals surface area contributed by atoms with E-state index in [1.165, 1.54) is 24.2 Å². The molecule has 1 N–H and O–H groups in total. The van der Waals surface area contributed by atoms with Crippen molar-refractivity contribution >= 4 is 11.8 Å². The number of aliphatic hydroxyl groups excluding tert-OH is 1. The van der Waals surface area contributed by atoms with Crippen molar-refractivity contribution in [2.45, 2.75) is 43.1 Å². The lowest BCUT2D eigenvalue weighted by atomic mass is 9.80. The fourth-order valence-corrected chi connectivity index (χ4v) is 4.34. The Morgan fingerprint density at radius 3 is 2.36 bits per heavy atom. The van der Waals surface area contributed by atoms with Gasteiger partial charge in [-0.1, -0.05) is 31.4 Å². The lowest BCUT2D eigenvalue weighted by Gasteiger charge is -2.28. The minimum Gasteiger partial charge on any atom is -0.454 e. The molecule has 25 heavy (non-hydrogen) atoms. The monoisotopic (exact) mass is 356 g/mol. The van der Waals surface area contributed by atoms with Crippen molar-refractivity contribution in [3.8, 4) is 22.6 Å². The van der Waals surface area contributed by atoms with Crippen molar-refractivity contribution in [1.82, 2.24) is 0 Å². The highest BCUT2D eigenvalue weighted by Gasteiger charge is 2.28. The highest BCUT2D eigenvalue weighted by atomic mass is 32.2. The standard InChI is InChI=1S/C21H24O3S/c1-25-16-9-7-14(8-10-16)17-11-19-20(24-13-23-19)12-18(17)21(22)15-5-3-2-4-6-15/h7-12,15,21-22H,2-6,13H2,1H3. The summed E-state index contributed by atoms with van der Waals surface area (Å²) in [5, 5.41) is 11.1. The smallest absolute Gasteiger partial charge is 0.231 e. The minimum atomic E-state index is -0.454. The van der Waals surface area contributed by atoms with E-state index in [1.807, 2.05) is 12.1 Å². The third kappa shape index (κ3) is 3.38. The van der Waals surface area contributed by atoms with Crippen LogP contribution in [-0.4, -0.2) is 18.2 Å². The van der Waals surface area contributed by atoms with Crippen LogP contribution in [0.5, 0.6) is 11.5 Å². The number of aliphatic hydroxyl groups is 1. The number of fused-ring (bicyclic) bond motifs is 1. The molecule has 0 saturated heterocycles. The van der Waals surface area contributed by atoms with Crippen LogP contribution in [0, 0.1) is 5.92 Å². The van der Waals surface area contributed by atoms with Gasteiger partial charge in [-0.25, -0.2) is 0 Å². The highest BCUT2D eigenvalue weighted by Crippen LogP contribution is 2.44. The van der Waals surface area contributed by atoms with Crippen LogP contribution in [0.1, 0.15) is 43.8 Å². The van der Waals surface area contributed by atoms with Crippen LogP contribution in [-0.2, 0) is 0 Å². The molecular weight excluding hydrogens is 332 g/mol. The van der Waals surface area contributed by atoms with E-state index < -0.39 is 6.10 Å². The van der Waals surface area contributed by atoms with Gasteiger partial charge >= 0.3 is 0 Å². The molecule has 2 aliphatic rings. The van der Waals surface area contributed by atoms with E-state index in [0.29, 0.717) is 5.92 Å². The van der Waals surface area contributed by atoms with Crippen LogP contribution in [0.3, 0.4) is 0 Å². The molecule has 2 aromatic carbocycles. The average molecular weight is 356 g/mol. The van der Waals surface area contributed by atoms with Crippen LogP contribution in [0.25, 0.3) is 11.1 Å². The Morgan fingerprint density at radius 1 is 1.00 bits per heavy atom. The molecule has 4 rings (SSSR count). The van der Waals surface area contributed by atoms with E-state index in [1.54, 1.807) is 11.8 Å². The Balaban J connectivity index is 1.75. The van der Waals surface area contributed by atoms with E-state index in [4.69, 9.17) is 9.47 Å². The molecule has 0 spiro atoms. The Labute approximate surface area is 153 Å². The summed E-state index contributed by atoms with van der Waals surface area (Å²) in [6, 6.07) is 12.5. The lowest BCUT2D eigenvalue weighted by molar-refractivity contribution is 0.0851. The van der Waals surface area contributed by atoms with Gasteiger partial charge in [-0.05, 0) is 66.0 Å². The van der Waals surface area contributed by atoms with E-state index in [2.05, 4.69) is 30.5 Å². The Bertz CT molecular complexity index is 736. The highest BCUT2D eigenvalue weighted by molar-refractivity contribution is 7.98. The molecule has 3 nitrogen and oxygen atoms in total. The lowest BCUT2D eigenvalue weighted by Crippen LogP contribution is -2.16. The molecule has 132 valence electrons. The van der Waals surface area contributed by atoms with Gasteiger partial charge < -0.3 is 14.6 Å². The maximum absolute atomic E-state index is 11.1. The number of hydrogen-bond donors (Lipinski definition) is 1. The quantitative estimate of drug-likeness (QED) is 0.743. The second kappa shape index (κ2) is 7.30. The molecule has 0 bridgehead atoms. The van der Waals surface area contributed by atoms with Crippen LogP contribution in [0.15, 0.2) is 41.3 Å². The van der Waals surface area contributed by atoms with Gasteiger partial charge in [-0.15, -0.1) is 11.8 Å². The van der Waals surface area contributed by atoms with Gasteiger partial charge in [0.25, 0.3) is 0 Å². The van der Waals surface area contributed by atoms with E-state index in [0.717, 1.165) is 41.0 Å². The zero-order valence-electron chi connectivity index (χ0n) is 14.5. The molecule has 1 aliphatic heterocycles. The molecule has 0 amide bonds. The first kappa shape index (κ1) is 16.8. The largest absolute Gasteiger partial charge is 0.454 e. The van der Waals surface area contributed by atoms with E-state index >= 15 is 0 Å². The molecular formula is C21H24O3S. The summed E-state index contributed by atoms with van der Waals surface area (Å²) in [7, 11) is 0. The van der Waals surface area contributed by atoms with Crippen molar-refractivity contribution in [2.24, 2.45) is 5.92 Å². The minimum absolute atomic E-state index is 0.253. The number of ether oxygens (including phenoxy) is 2. The van der Waals surface area contributed by atoms with Crippen molar-refractivity contribution in [3.63, 3.8) is 0 Å². The van der Waals surface area contributed by atoms with Gasteiger partial charge in [-0.2, -0.15) is 0 Å². The first-order chi connectivity index (χ1) is 12.3. The van der Waals surface area contributed by atoms with Crippen molar-refractivity contribution in [3.05, 3.63) is 42.0 Å². The molecule has 1 saturated carbocycles. The summed E-state index contributed by atoms with van der Waals surface area (Å²) in [6.45, 7) is 0.253. The molecule has 1 heterocycles. The molecule has 0 radical (unpaired) electrons. The number of rotatable bonds is 4. The first-order valence-corrected chi connectivity index (χ1v) is 10.2. The zero-order valence-corrected chi connectivity index (χ0v) is 15.3. The maximum Gasteiger partial charge on any atom is 0.231 e. The normalized spacial score (nSPS) is 18.3. The summed E-state index contributed by atoms with van der Waals surface area (Å²) in [5.41, 5.74) is 3.13. The molecule has 2 aromatic rings. The van der Waals surface area contributed by atoms with Crippen molar-refractivity contribution in [2.75, 3.05) is 13.0 Å². The van der Waals surface area contributed by atoms with Gasteiger partial charge in [0, 0.05) is 4.90 Å². The van der Waals surface area contributed by atoms with Crippen LogP contribution < -0.4 is 9.47 Å². The van der Waals surface area contributed by atoms with Crippen LogP contribution >= 0.6 is 11.8 Å². The summed E-state index contributed by atoms with van der Waals surface area (Å²) in [5.74, 6) is 1.84. The second-order valence-corrected chi connectivity index (χ2v) is 7.74. The number of thioether (sulfide) groups is 1. The topological polar surface area (TPSA) is 38.7 Å². The zero-order chi connectivity index (χ0) is 17.2. The van der Waals surface area contributed by atoms with Gasteiger partial charge in [0.1, 0.15) is 0 Å². The summed E-state index contributed by atoms with van der Waals surface area (Å²) in [6.07, 6.45) is 7.53. The summed E-state index contributed by atoms with van der Waals surface area (Å²) < 4.78 is 11.1. The summed E-state index contributed by atoms with van der Waals surface area (Å²) in [4.78, 5) is 1.24. The van der Waals surface area contributed by atoms with Gasteiger partial charge in [0.2, 0.25) is 6.79 Å². The van der Waals surface area contributed by atoms with E-state index in [-0.39, 0.29) is 6.79 Å². The van der Waals surface area contributed by atoms with Gasteiger partial charge in [-0.3, -0.25) is 0 Å². The third-order valence-corrected chi connectivity index (χ3v) is 6.10. The number of hydrogen-bond acceptors (Lipinski definition) is 4. The Morgan fingerprint density at radius 2 is 1.68 bits per heavy atom. The Hall–Kier alpha value is -1.65. The predicted molar refractivity (Wildman–Crippen MR) is 101 cm³/mol. The molecule has 1 aliphatic carbocycles. The summed E-state index contributed by atoms with van der Waals surface area (Å²) >= 11 is 1.73. The Kier molecular flexibility index (Phi) is 4.91. The SMILES string of the molecule is CSc1ccc(-c2cc3c(cc2C(O)C2CCCCC2)OCO3)cc1. The van der Waals surface area contributed by atoms with Crippen molar-refractivity contribution in [1.29, 1.82) is 0 Å². The van der Waals surface area contributed by atoms with E-state index in [9.17, 15) is 5.11 Å². The van der Waals surface area contributed by atoms with Crippen LogP contribution in [0.4, 0.5) is 0 Å². The van der Waals surface area contributed by atoms with Gasteiger partial charge in [0.05, 0.1) is 6.10 Å². The molecule has 0 aromatic heterocycles. The van der Waals surface area contributed by atoms with Crippen LogP contribution in [0.2, 0.25) is 0 Å². The molecule has 1 unspecified atom stereocenters. The fraction of sp³-hybridized carbons (Fsp3) is 0.429. The number of benzene rings is 2.